The molecule has 2 heteroatoms. The topological polar surface area (TPSA) is 15.3 Å². The van der Waals surface area contributed by atoms with E-state index in [-0.39, 0.29) is 0 Å². The Balaban J connectivity index is 1.83. The Labute approximate surface area is 105 Å². The third-order valence-electron chi connectivity index (χ3n) is 3.81. The second kappa shape index (κ2) is 5.65. The lowest BCUT2D eigenvalue weighted by Crippen LogP contribution is -2.35. The molecule has 0 aromatic heterocycles. The summed E-state index contributed by atoms with van der Waals surface area (Å²) in [5.41, 5.74) is 4.57. The van der Waals surface area contributed by atoms with E-state index in [2.05, 4.69) is 49.4 Å². The van der Waals surface area contributed by atoms with E-state index >= 15 is 0 Å². The van der Waals surface area contributed by atoms with Crippen LogP contribution in [-0.4, -0.2) is 31.6 Å². The van der Waals surface area contributed by atoms with E-state index in [1.165, 1.54) is 24.8 Å². The molecule has 1 aromatic carbocycles. The molecule has 1 atom stereocenters. The molecule has 1 unspecified atom stereocenters. The molecule has 0 saturated carbocycles. The van der Waals surface area contributed by atoms with Gasteiger partial charge in [0.2, 0.25) is 0 Å². The van der Waals surface area contributed by atoms with Gasteiger partial charge in [-0.1, -0.05) is 18.2 Å². The van der Waals surface area contributed by atoms with Crippen molar-refractivity contribution in [2.75, 3.05) is 20.6 Å². The lowest BCUT2D eigenvalue weighted by atomic mass is 10.1. The van der Waals surface area contributed by atoms with Gasteiger partial charge in [0.15, 0.2) is 0 Å². The molecule has 1 aromatic rings. The summed E-state index contributed by atoms with van der Waals surface area (Å²) in [4.78, 5) is 2.25. The lowest BCUT2D eigenvalue weighted by Gasteiger charge is -2.20. The van der Waals surface area contributed by atoms with Gasteiger partial charge in [-0.3, -0.25) is 0 Å². The molecule has 0 radical (unpaired) electrons. The van der Waals surface area contributed by atoms with Gasteiger partial charge in [0, 0.05) is 19.1 Å². The molecule has 0 amide bonds. The Kier molecular flexibility index (Phi) is 4.19. The minimum absolute atomic E-state index is 0.587. The maximum absolute atomic E-state index is 3.53. The highest BCUT2D eigenvalue weighted by atomic mass is 15.1. The molecule has 0 spiro atoms. The average molecular weight is 232 g/mol. The second-order valence-corrected chi connectivity index (χ2v) is 5.40. The van der Waals surface area contributed by atoms with E-state index in [0.29, 0.717) is 6.04 Å². The summed E-state index contributed by atoms with van der Waals surface area (Å²) in [6.45, 7) is 4.28. The molecule has 1 aliphatic carbocycles. The fourth-order valence-electron chi connectivity index (χ4n) is 2.34. The minimum atomic E-state index is 0.587. The van der Waals surface area contributed by atoms with Crippen molar-refractivity contribution in [2.45, 2.75) is 38.8 Å². The molecule has 0 aliphatic heterocycles. The van der Waals surface area contributed by atoms with Crippen LogP contribution < -0.4 is 5.32 Å². The number of aryl methyl sites for hydroxylation is 2. The number of nitrogens with one attached hydrogen (secondary N) is 1. The van der Waals surface area contributed by atoms with Gasteiger partial charge in [0.25, 0.3) is 0 Å². The molecule has 1 N–H and O–H groups in total. The van der Waals surface area contributed by atoms with Crippen LogP contribution in [0.15, 0.2) is 18.2 Å². The van der Waals surface area contributed by atoms with E-state index in [0.717, 1.165) is 13.1 Å². The Bertz CT molecular complexity index is 371. The summed E-state index contributed by atoms with van der Waals surface area (Å²) in [5, 5.41) is 3.53. The van der Waals surface area contributed by atoms with Crippen LogP contribution >= 0.6 is 0 Å². The predicted octanol–water partition coefficient (Wildman–Crippen LogP) is 2.21. The molecule has 0 fully saturated rings. The number of hydrogen-bond donors (Lipinski definition) is 1. The number of rotatable bonds is 5. The minimum Gasteiger partial charge on any atom is -0.311 e. The molecule has 17 heavy (non-hydrogen) atoms. The van der Waals surface area contributed by atoms with Crippen molar-refractivity contribution in [2.24, 2.45) is 0 Å². The quantitative estimate of drug-likeness (QED) is 0.837. The van der Waals surface area contributed by atoms with E-state index in [1.54, 1.807) is 11.1 Å². The third kappa shape index (κ3) is 3.30. The average Bonchev–Trinajstić information content (AvgIpc) is 2.75. The summed E-state index contributed by atoms with van der Waals surface area (Å²) in [6, 6.07) is 7.56. The SMILES string of the molecule is CC(CNCc1ccc2c(c1)CCC2)N(C)C. The standard InChI is InChI=1S/C15H24N2/c1-12(17(2)3)10-16-11-13-7-8-14-5-4-6-15(14)9-13/h7-9,12,16H,4-6,10-11H2,1-3H3. The van der Waals surface area contributed by atoms with Crippen LogP contribution in [0.1, 0.15) is 30.0 Å². The van der Waals surface area contributed by atoms with Crippen molar-refractivity contribution in [3.05, 3.63) is 34.9 Å². The van der Waals surface area contributed by atoms with Crippen LogP contribution in [0, 0.1) is 0 Å². The van der Waals surface area contributed by atoms with E-state index in [1.807, 2.05) is 0 Å². The smallest absolute Gasteiger partial charge is 0.0206 e. The van der Waals surface area contributed by atoms with Crippen LogP contribution in [0.4, 0.5) is 0 Å². The summed E-state index contributed by atoms with van der Waals surface area (Å²) < 4.78 is 0. The van der Waals surface area contributed by atoms with Crippen LogP contribution in [0.2, 0.25) is 0 Å². The Morgan fingerprint density at radius 3 is 2.76 bits per heavy atom. The van der Waals surface area contributed by atoms with Gasteiger partial charge < -0.3 is 10.2 Å². The number of nitrogens with zero attached hydrogens (tertiary/aromatic N) is 1. The second-order valence-electron chi connectivity index (χ2n) is 5.40. The zero-order chi connectivity index (χ0) is 12.3. The predicted molar refractivity (Wildman–Crippen MR) is 73.3 cm³/mol. The monoisotopic (exact) mass is 232 g/mol. The Morgan fingerprint density at radius 1 is 1.24 bits per heavy atom. The fourth-order valence-corrected chi connectivity index (χ4v) is 2.34. The summed E-state index contributed by atoms with van der Waals surface area (Å²) >= 11 is 0. The van der Waals surface area contributed by atoms with Crippen molar-refractivity contribution >= 4 is 0 Å². The first-order valence-corrected chi connectivity index (χ1v) is 6.64. The van der Waals surface area contributed by atoms with Crippen LogP contribution in [-0.2, 0) is 19.4 Å². The zero-order valence-electron chi connectivity index (χ0n) is 11.3. The maximum Gasteiger partial charge on any atom is 0.0206 e. The summed E-state index contributed by atoms with van der Waals surface area (Å²) in [6.07, 6.45) is 3.89. The lowest BCUT2D eigenvalue weighted by molar-refractivity contribution is 0.302. The van der Waals surface area contributed by atoms with Crippen molar-refractivity contribution < 1.29 is 0 Å². The first kappa shape index (κ1) is 12.6. The Morgan fingerprint density at radius 2 is 2.00 bits per heavy atom. The van der Waals surface area contributed by atoms with Crippen molar-refractivity contribution in [3.8, 4) is 0 Å². The van der Waals surface area contributed by atoms with Gasteiger partial charge in [0.1, 0.15) is 0 Å². The van der Waals surface area contributed by atoms with Crippen LogP contribution in [0.3, 0.4) is 0 Å². The third-order valence-corrected chi connectivity index (χ3v) is 3.81. The molecule has 0 heterocycles. The van der Waals surface area contributed by atoms with Crippen molar-refractivity contribution in [1.82, 2.24) is 10.2 Å². The number of benzene rings is 1. The number of fused-ring (bicyclic) bond motifs is 1. The van der Waals surface area contributed by atoms with Crippen molar-refractivity contribution in [1.29, 1.82) is 0 Å². The van der Waals surface area contributed by atoms with E-state index in [4.69, 9.17) is 0 Å². The highest BCUT2D eigenvalue weighted by molar-refractivity contribution is 5.35. The van der Waals surface area contributed by atoms with Crippen LogP contribution in [0.5, 0.6) is 0 Å². The molecule has 1 aliphatic rings. The fraction of sp³-hybridized carbons (Fsp3) is 0.600. The summed E-state index contributed by atoms with van der Waals surface area (Å²) in [7, 11) is 4.25. The van der Waals surface area contributed by atoms with Crippen LogP contribution in [0.25, 0.3) is 0 Å². The maximum atomic E-state index is 3.53. The van der Waals surface area contributed by atoms with Gasteiger partial charge >= 0.3 is 0 Å². The van der Waals surface area contributed by atoms with E-state index in [9.17, 15) is 0 Å². The molecule has 94 valence electrons. The molecule has 2 rings (SSSR count). The number of likely N-dealkylation sites (N-methyl/N-ethyl adjacent to an activating group) is 1. The van der Waals surface area contributed by atoms with Gasteiger partial charge in [0.05, 0.1) is 0 Å². The first-order valence-electron chi connectivity index (χ1n) is 6.64. The van der Waals surface area contributed by atoms with Gasteiger partial charge in [-0.05, 0) is 57.0 Å². The highest BCUT2D eigenvalue weighted by Crippen LogP contribution is 2.22. The van der Waals surface area contributed by atoms with Gasteiger partial charge in [-0.2, -0.15) is 0 Å². The molecule has 0 saturated heterocycles. The van der Waals surface area contributed by atoms with Crippen molar-refractivity contribution in [3.63, 3.8) is 0 Å². The molecule has 0 bridgehead atoms. The highest BCUT2D eigenvalue weighted by Gasteiger charge is 2.10. The largest absolute Gasteiger partial charge is 0.311 e. The molecular weight excluding hydrogens is 208 g/mol. The summed E-state index contributed by atoms with van der Waals surface area (Å²) in [5.74, 6) is 0. The normalized spacial score (nSPS) is 16.2. The van der Waals surface area contributed by atoms with E-state index < -0.39 is 0 Å². The Hall–Kier alpha value is -0.860. The van der Waals surface area contributed by atoms with Gasteiger partial charge in [-0.25, -0.2) is 0 Å². The molecule has 2 nitrogen and oxygen atoms in total. The number of hydrogen-bond acceptors (Lipinski definition) is 2. The first-order chi connectivity index (χ1) is 8.16. The zero-order valence-corrected chi connectivity index (χ0v) is 11.3. The molecular formula is C15H24N2. The van der Waals surface area contributed by atoms with Gasteiger partial charge in [-0.15, -0.1) is 0 Å².